The summed E-state index contributed by atoms with van der Waals surface area (Å²) in [6.45, 7) is 3.22. The van der Waals surface area contributed by atoms with Crippen LogP contribution < -0.4 is 4.74 Å². The summed E-state index contributed by atoms with van der Waals surface area (Å²) in [6.07, 6.45) is 5.03. The lowest BCUT2D eigenvalue weighted by atomic mass is 10.1. The first-order valence-corrected chi connectivity index (χ1v) is 10.2. The second-order valence-corrected chi connectivity index (χ2v) is 7.70. The normalized spacial score (nSPS) is 19.3. The molecule has 0 amide bonds. The van der Waals surface area contributed by atoms with E-state index in [-0.39, 0.29) is 40.8 Å². The summed E-state index contributed by atoms with van der Waals surface area (Å²) in [4.78, 5) is 19.0. The molecule has 0 saturated carbocycles. The maximum atomic E-state index is 11.4. The van der Waals surface area contributed by atoms with Crippen molar-refractivity contribution in [1.29, 1.82) is 0 Å². The third-order valence-electron chi connectivity index (χ3n) is 4.88. The van der Waals surface area contributed by atoms with Crippen LogP contribution in [0.15, 0.2) is 12.4 Å². The third kappa shape index (κ3) is 4.32. The molecule has 0 unspecified atom stereocenters. The minimum absolute atomic E-state index is 0.00729. The van der Waals surface area contributed by atoms with E-state index in [0.29, 0.717) is 30.6 Å². The van der Waals surface area contributed by atoms with Crippen LogP contribution in [0.2, 0.25) is 10.4 Å². The van der Waals surface area contributed by atoms with Gasteiger partial charge in [-0.2, -0.15) is 10.1 Å². The van der Waals surface area contributed by atoms with Crippen LogP contribution in [0.3, 0.4) is 0 Å². The van der Waals surface area contributed by atoms with Crippen LogP contribution in [0.5, 0.6) is 5.88 Å². The molecule has 11 nitrogen and oxygen atoms in total. The Morgan fingerprint density at radius 2 is 2.23 bits per heavy atom. The number of hydrogen-bond donors (Lipinski definition) is 0. The number of hydrogen-bond acceptors (Lipinski definition) is 8. The zero-order chi connectivity index (χ0) is 21.3. The highest BCUT2D eigenvalue weighted by Crippen LogP contribution is 2.31. The van der Waals surface area contributed by atoms with Gasteiger partial charge < -0.3 is 9.47 Å². The monoisotopic (exact) mass is 455 g/mol. The van der Waals surface area contributed by atoms with Gasteiger partial charge in [0.15, 0.2) is 10.8 Å². The fourth-order valence-corrected chi connectivity index (χ4v) is 3.79. The number of rotatable bonds is 7. The van der Waals surface area contributed by atoms with Crippen molar-refractivity contribution >= 4 is 39.9 Å². The highest BCUT2D eigenvalue weighted by atomic mass is 35.5. The molecule has 0 aliphatic carbocycles. The lowest BCUT2D eigenvalue weighted by Crippen LogP contribution is -2.25. The van der Waals surface area contributed by atoms with Crippen LogP contribution >= 0.6 is 23.2 Å². The van der Waals surface area contributed by atoms with Gasteiger partial charge in [0.1, 0.15) is 6.20 Å². The standard InChI is InChI=1S/C17H19Cl2N7O4/c1-10-7-11(3-6-29-10)25-9-13(26(27)28)16(23-25)30-5-2-4-24-15-12(14(18)22-24)8-20-17(19)21-15/h8-11H,2-7H2,1H3/t10-,11-/m0/s1. The second kappa shape index (κ2) is 8.70. The summed E-state index contributed by atoms with van der Waals surface area (Å²) < 4.78 is 14.4. The quantitative estimate of drug-likeness (QED) is 0.229. The van der Waals surface area contributed by atoms with Crippen molar-refractivity contribution in [2.75, 3.05) is 13.2 Å². The molecule has 0 bridgehead atoms. The lowest BCUT2D eigenvalue weighted by Gasteiger charge is -2.27. The molecule has 1 aliphatic rings. The molecule has 1 saturated heterocycles. The molecule has 4 rings (SSSR count). The van der Waals surface area contributed by atoms with E-state index in [1.54, 1.807) is 9.36 Å². The van der Waals surface area contributed by atoms with Crippen LogP contribution in [0.4, 0.5) is 5.69 Å². The SMILES string of the molecule is C[C@H]1C[C@@H](n2cc([N+](=O)[O-])c(OCCCn3nc(Cl)c4cnc(Cl)nc43)n2)CCO1. The fourth-order valence-electron chi connectivity index (χ4n) is 3.44. The minimum Gasteiger partial charge on any atom is -0.472 e. The molecule has 30 heavy (non-hydrogen) atoms. The van der Waals surface area contributed by atoms with Gasteiger partial charge in [0.2, 0.25) is 5.28 Å². The highest BCUT2D eigenvalue weighted by Gasteiger charge is 2.27. The molecule has 4 heterocycles. The van der Waals surface area contributed by atoms with Gasteiger partial charge in [-0.1, -0.05) is 11.6 Å². The highest BCUT2D eigenvalue weighted by molar-refractivity contribution is 6.34. The topological polar surface area (TPSA) is 123 Å². The van der Waals surface area contributed by atoms with Gasteiger partial charge in [-0.05, 0) is 31.4 Å². The van der Waals surface area contributed by atoms with E-state index < -0.39 is 4.92 Å². The summed E-state index contributed by atoms with van der Waals surface area (Å²) >= 11 is 11.9. The molecule has 0 spiro atoms. The van der Waals surface area contributed by atoms with Crippen LogP contribution in [0, 0.1) is 10.1 Å². The van der Waals surface area contributed by atoms with Gasteiger partial charge in [-0.3, -0.25) is 14.8 Å². The predicted molar refractivity (Wildman–Crippen MR) is 108 cm³/mol. The Bertz CT molecular complexity index is 1070. The first-order chi connectivity index (χ1) is 14.4. The van der Waals surface area contributed by atoms with Gasteiger partial charge >= 0.3 is 11.6 Å². The number of nitrogens with zero attached hydrogens (tertiary/aromatic N) is 7. The number of aryl methyl sites for hydroxylation is 1. The summed E-state index contributed by atoms with van der Waals surface area (Å²) in [5.74, 6) is 0.00729. The maximum Gasteiger partial charge on any atom is 0.350 e. The molecule has 2 atom stereocenters. The zero-order valence-electron chi connectivity index (χ0n) is 16.1. The largest absolute Gasteiger partial charge is 0.472 e. The predicted octanol–water partition coefficient (Wildman–Crippen LogP) is 3.45. The maximum absolute atomic E-state index is 11.4. The molecule has 160 valence electrons. The molecule has 0 N–H and O–H groups in total. The van der Waals surface area contributed by atoms with Crippen molar-refractivity contribution in [2.24, 2.45) is 0 Å². The molecule has 3 aromatic heterocycles. The first kappa shape index (κ1) is 20.8. The Hall–Kier alpha value is -2.50. The molecule has 1 aliphatic heterocycles. The molecular weight excluding hydrogens is 437 g/mol. The molecule has 1 fully saturated rings. The number of halogens is 2. The van der Waals surface area contributed by atoms with E-state index in [4.69, 9.17) is 32.7 Å². The Balaban J connectivity index is 1.41. The van der Waals surface area contributed by atoms with E-state index >= 15 is 0 Å². The van der Waals surface area contributed by atoms with E-state index in [1.807, 2.05) is 6.92 Å². The van der Waals surface area contributed by atoms with Gasteiger partial charge in [0.25, 0.3) is 0 Å². The van der Waals surface area contributed by atoms with Gasteiger partial charge in [0, 0.05) is 25.8 Å². The van der Waals surface area contributed by atoms with Crippen LogP contribution in [0.1, 0.15) is 32.2 Å². The zero-order valence-corrected chi connectivity index (χ0v) is 17.6. The Kier molecular flexibility index (Phi) is 6.02. The van der Waals surface area contributed by atoms with E-state index in [1.165, 1.54) is 12.4 Å². The van der Waals surface area contributed by atoms with Crippen molar-refractivity contribution in [1.82, 2.24) is 29.5 Å². The van der Waals surface area contributed by atoms with Crippen molar-refractivity contribution in [3.63, 3.8) is 0 Å². The van der Waals surface area contributed by atoms with Gasteiger partial charge in [-0.25, -0.2) is 9.67 Å². The first-order valence-electron chi connectivity index (χ1n) is 9.45. The Morgan fingerprint density at radius 1 is 1.40 bits per heavy atom. The third-order valence-corrected chi connectivity index (χ3v) is 5.34. The number of fused-ring (bicyclic) bond motifs is 1. The molecule has 0 radical (unpaired) electrons. The summed E-state index contributed by atoms with van der Waals surface area (Å²) in [5.41, 5.74) is 0.366. The van der Waals surface area contributed by atoms with Crippen LogP contribution in [0.25, 0.3) is 11.0 Å². The minimum atomic E-state index is -0.485. The van der Waals surface area contributed by atoms with Crippen LogP contribution in [-0.4, -0.2) is 53.8 Å². The van der Waals surface area contributed by atoms with Crippen LogP contribution in [-0.2, 0) is 11.3 Å². The van der Waals surface area contributed by atoms with Gasteiger partial charge in [0.05, 0.1) is 29.1 Å². The Morgan fingerprint density at radius 3 is 3.00 bits per heavy atom. The molecular formula is C17H19Cl2N7O4. The summed E-state index contributed by atoms with van der Waals surface area (Å²) in [7, 11) is 0. The van der Waals surface area contributed by atoms with Gasteiger partial charge in [-0.15, -0.1) is 5.10 Å². The average molecular weight is 456 g/mol. The fraction of sp³-hybridized carbons (Fsp3) is 0.529. The summed E-state index contributed by atoms with van der Waals surface area (Å²) in [6, 6.07) is 0.0480. The second-order valence-electron chi connectivity index (χ2n) is 7.01. The van der Waals surface area contributed by atoms with Crippen molar-refractivity contribution < 1.29 is 14.4 Å². The van der Waals surface area contributed by atoms with E-state index in [2.05, 4.69) is 20.2 Å². The smallest absolute Gasteiger partial charge is 0.350 e. The molecule has 3 aromatic rings. The van der Waals surface area contributed by atoms with Crippen molar-refractivity contribution in [3.05, 3.63) is 32.9 Å². The number of ether oxygens (including phenoxy) is 2. The lowest BCUT2D eigenvalue weighted by molar-refractivity contribution is -0.386. The van der Waals surface area contributed by atoms with Crippen molar-refractivity contribution in [3.8, 4) is 5.88 Å². The summed E-state index contributed by atoms with van der Waals surface area (Å²) in [5, 5.41) is 20.9. The average Bonchev–Trinajstić information content (AvgIpc) is 3.27. The Labute approximate surface area is 181 Å². The number of nitro groups is 1. The number of aromatic nitrogens is 6. The molecule has 0 aromatic carbocycles. The molecule has 13 heteroatoms. The van der Waals surface area contributed by atoms with E-state index in [0.717, 1.165) is 12.8 Å². The van der Waals surface area contributed by atoms with E-state index in [9.17, 15) is 10.1 Å². The van der Waals surface area contributed by atoms with Crippen molar-refractivity contribution in [2.45, 2.75) is 44.9 Å².